The first-order chi connectivity index (χ1) is 9.16. The van der Waals surface area contributed by atoms with Gasteiger partial charge in [0.05, 0.1) is 0 Å². The third kappa shape index (κ3) is 8.96. The number of piperidine rings is 1. The molecule has 0 aromatic heterocycles. The molecule has 120 valence electrons. The van der Waals surface area contributed by atoms with Crippen LogP contribution in [0.4, 0.5) is 0 Å². The Morgan fingerprint density at radius 2 is 1.70 bits per heavy atom. The number of nitrogens with zero attached hydrogens (tertiary/aromatic N) is 1. The highest BCUT2D eigenvalue weighted by atomic mass is 32.2. The van der Waals surface area contributed by atoms with Gasteiger partial charge in [0, 0.05) is 12.0 Å². The second-order valence-corrected chi connectivity index (χ2v) is 9.98. The molecule has 3 nitrogen and oxygen atoms in total. The third-order valence-electron chi connectivity index (χ3n) is 4.25. The van der Waals surface area contributed by atoms with Crippen LogP contribution in [0, 0.1) is 11.3 Å². The molecule has 1 aliphatic heterocycles. The molecule has 0 N–H and O–H groups in total. The van der Waals surface area contributed by atoms with Crippen molar-refractivity contribution in [2.75, 3.05) is 31.6 Å². The van der Waals surface area contributed by atoms with E-state index < -0.39 is 9.84 Å². The summed E-state index contributed by atoms with van der Waals surface area (Å²) in [5, 5.41) is 0. The van der Waals surface area contributed by atoms with E-state index in [0.717, 1.165) is 25.3 Å². The van der Waals surface area contributed by atoms with Crippen LogP contribution in [0.25, 0.3) is 0 Å². The number of rotatable bonds is 7. The molecule has 0 amide bonds. The van der Waals surface area contributed by atoms with E-state index in [4.69, 9.17) is 0 Å². The van der Waals surface area contributed by atoms with Gasteiger partial charge in [0.15, 0.2) is 0 Å². The number of likely N-dealkylation sites (tertiary alicyclic amines) is 1. The van der Waals surface area contributed by atoms with Crippen LogP contribution in [0.5, 0.6) is 0 Å². The minimum atomic E-state index is -2.78. The fourth-order valence-corrected chi connectivity index (χ4v) is 3.56. The molecule has 0 spiro atoms. The van der Waals surface area contributed by atoms with E-state index in [1.807, 2.05) is 0 Å². The van der Waals surface area contributed by atoms with Crippen LogP contribution < -0.4 is 0 Å². The maximum absolute atomic E-state index is 11.1. The zero-order valence-corrected chi connectivity index (χ0v) is 14.6. The van der Waals surface area contributed by atoms with E-state index in [1.54, 1.807) is 0 Å². The van der Waals surface area contributed by atoms with Gasteiger partial charge in [-0.25, -0.2) is 8.42 Å². The van der Waals surface area contributed by atoms with E-state index in [1.165, 1.54) is 45.0 Å². The summed E-state index contributed by atoms with van der Waals surface area (Å²) in [6, 6.07) is 0. The number of hydrogen-bond donors (Lipinski definition) is 0. The largest absolute Gasteiger partial charge is 0.303 e. The van der Waals surface area contributed by atoms with Gasteiger partial charge >= 0.3 is 0 Å². The average Bonchev–Trinajstić information content (AvgIpc) is 2.31. The lowest BCUT2D eigenvalue weighted by atomic mass is 9.83. The van der Waals surface area contributed by atoms with E-state index in [0.29, 0.717) is 11.2 Å². The highest BCUT2D eigenvalue weighted by molar-refractivity contribution is 7.90. The minimum absolute atomic E-state index is 0.342. The second-order valence-electron chi connectivity index (χ2n) is 7.72. The lowest BCUT2D eigenvalue weighted by molar-refractivity contribution is 0.166. The van der Waals surface area contributed by atoms with E-state index in [9.17, 15) is 8.42 Å². The third-order valence-corrected chi connectivity index (χ3v) is 5.28. The van der Waals surface area contributed by atoms with Crippen molar-refractivity contribution < 1.29 is 8.42 Å². The summed E-state index contributed by atoms with van der Waals surface area (Å²) >= 11 is 0. The van der Waals surface area contributed by atoms with Crippen LogP contribution in [0.2, 0.25) is 0 Å². The van der Waals surface area contributed by atoms with Crippen LogP contribution in [0.15, 0.2) is 0 Å². The normalized spacial score (nSPS) is 19.4. The predicted molar refractivity (Wildman–Crippen MR) is 86.8 cm³/mol. The number of unbranched alkanes of at least 4 members (excludes halogenated alkanes) is 1. The first kappa shape index (κ1) is 18.0. The first-order valence-corrected chi connectivity index (χ1v) is 10.1. The van der Waals surface area contributed by atoms with E-state index in [-0.39, 0.29) is 0 Å². The van der Waals surface area contributed by atoms with Gasteiger partial charge in [-0.05, 0) is 69.5 Å². The summed E-state index contributed by atoms with van der Waals surface area (Å²) in [6.45, 7) is 10.4. The molecule has 4 heteroatoms. The van der Waals surface area contributed by atoms with Crippen molar-refractivity contribution in [2.24, 2.45) is 11.3 Å². The molecule has 1 fully saturated rings. The first-order valence-electron chi connectivity index (χ1n) is 8.06. The second kappa shape index (κ2) is 7.79. The maximum atomic E-state index is 11.1. The topological polar surface area (TPSA) is 37.4 Å². The fourth-order valence-electron chi connectivity index (χ4n) is 2.84. The highest BCUT2D eigenvalue weighted by Gasteiger charge is 2.21. The van der Waals surface area contributed by atoms with Gasteiger partial charge in [-0.3, -0.25) is 0 Å². The zero-order valence-electron chi connectivity index (χ0n) is 13.8. The Balaban J connectivity index is 2.10. The molecule has 0 aromatic rings. The summed E-state index contributed by atoms with van der Waals surface area (Å²) in [7, 11) is -2.78. The smallest absolute Gasteiger partial charge is 0.147 e. The highest BCUT2D eigenvalue weighted by Crippen LogP contribution is 2.28. The minimum Gasteiger partial charge on any atom is -0.303 e. The molecule has 0 unspecified atom stereocenters. The Bertz CT molecular complexity index is 362. The molecule has 20 heavy (non-hydrogen) atoms. The van der Waals surface area contributed by atoms with Gasteiger partial charge < -0.3 is 4.90 Å². The quantitative estimate of drug-likeness (QED) is 0.677. The molecule has 0 bridgehead atoms. The Kier molecular flexibility index (Phi) is 6.99. The van der Waals surface area contributed by atoms with Crippen molar-refractivity contribution in [3.63, 3.8) is 0 Å². The van der Waals surface area contributed by atoms with Gasteiger partial charge in [0.25, 0.3) is 0 Å². The Labute approximate surface area is 126 Å². The Morgan fingerprint density at radius 1 is 1.10 bits per heavy atom. The molecule has 0 aromatic carbocycles. The van der Waals surface area contributed by atoms with E-state index in [2.05, 4.69) is 25.7 Å². The van der Waals surface area contributed by atoms with Crippen molar-refractivity contribution in [1.82, 2.24) is 4.90 Å². The molecule has 1 aliphatic rings. The van der Waals surface area contributed by atoms with Gasteiger partial charge in [-0.2, -0.15) is 0 Å². The van der Waals surface area contributed by atoms with E-state index >= 15 is 0 Å². The molecule has 1 heterocycles. The molecule has 0 saturated carbocycles. The lowest BCUT2D eigenvalue weighted by Crippen LogP contribution is -2.34. The molecule has 0 atom stereocenters. The summed E-state index contributed by atoms with van der Waals surface area (Å²) in [5.74, 6) is 1.25. The van der Waals surface area contributed by atoms with Crippen molar-refractivity contribution >= 4 is 9.84 Å². The summed E-state index contributed by atoms with van der Waals surface area (Å²) in [5.41, 5.74) is 0.461. The molecule has 1 saturated heterocycles. The van der Waals surface area contributed by atoms with Crippen LogP contribution >= 0.6 is 0 Å². The standard InChI is InChI=1S/C16H33NO2S/c1-16(2,3)10-7-15-8-12-17(13-9-15)11-5-6-14-20(4,18)19/h15H,5-14H2,1-4H3. The summed E-state index contributed by atoms with van der Waals surface area (Å²) in [4.78, 5) is 2.51. The Hall–Kier alpha value is -0.0900. The molecular weight excluding hydrogens is 270 g/mol. The SMILES string of the molecule is CC(C)(C)CCC1CCN(CCCCS(C)(=O)=O)CC1. The number of sulfone groups is 1. The monoisotopic (exact) mass is 303 g/mol. The van der Waals surface area contributed by atoms with Crippen molar-refractivity contribution in [1.29, 1.82) is 0 Å². The van der Waals surface area contributed by atoms with Crippen LogP contribution in [0.3, 0.4) is 0 Å². The van der Waals surface area contributed by atoms with Gasteiger partial charge in [0.1, 0.15) is 9.84 Å². The zero-order chi connectivity index (χ0) is 15.2. The number of hydrogen-bond acceptors (Lipinski definition) is 3. The van der Waals surface area contributed by atoms with Crippen LogP contribution in [0.1, 0.15) is 59.3 Å². The fraction of sp³-hybridized carbons (Fsp3) is 1.00. The molecule has 0 radical (unpaired) electrons. The molecular formula is C16H33NO2S. The van der Waals surface area contributed by atoms with Gasteiger partial charge in [0.2, 0.25) is 0 Å². The Morgan fingerprint density at radius 3 is 2.20 bits per heavy atom. The van der Waals surface area contributed by atoms with Crippen molar-refractivity contribution in [2.45, 2.75) is 59.3 Å². The van der Waals surface area contributed by atoms with Crippen molar-refractivity contribution in [3.8, 4) is 0 Å². The van der Waals surface area contributed by atoms with Gasteiger partial charge in [-0.1, -0.05) is 20.8 Å². The maximum Gasteiger partial charge on any atom is 0.147 e. The van der Waals surface area contributed by atoms with Gasteiger partial charge in [-0.15, -0.1) is 0 Å². The predicted octanol–water partition coefficient (Wildman–Crippen LogP) is 3.35. The summed E-state index contributed by atoms with van der Waals surface area (Å²) < 4.78 is 22.1. The summed E-state index contributed by atoms with van der Waals surface area (Å²) in [6.07, 6.45) is 8.48. The lowest BCUT2D eigenvalue weighted by Gasteiger charge is -2.33. The molecule has 0 aliphatic carbocycles. The van der Waals surface area contributed by atoms with Crippen molar-refractivity contribution in [3.05, 3.63) is 0 Å². The van der Waals surface area contributed by atoms with Crippen LogP contribution in [-0.2, 0) is 9.84 Å². The molecule has 1 rings (SSSR count). The average molecular weight is 304 g/mol. The van der Waals surface area contributed by atoms with Crippen LogP contribution in [-0.4, -0.2) is 45.0 Å².